The van der Waals surface area contributed by atoms with Gasteiger partial charge in [0.05, 0.1) is 11.2 Å². The Morgan fingerprint density at radius 2 is 1.44 bits per heavy atom. The predicted octanol–water partition coefficient (Wildman–Crippen LogP) is 8.31. The van der Waals surface area contributed by atoms with Crippen molar-refractivity contribution >= 4 is 32.9 Å². The van der Waals surface area contributed by atoms with Crippen molar-refractivity contribution in [3.8, 4) is 39.7 Å². The second-order valence-electron chi connectivity index (χ2n) is 9.57. The molecule has 0 amide bonds. The topological polar surface area (TPSA) is 56.7 Å². The van der Waals surface area contributed by atoms with Crippen molar-refractivity contribution < 1.29 is 25.5 Å². The van der Waals surface area contributed by atoms with Gasteiger partial charge in [-0.25, -0.2) is 0 Å². The van der Waals surface area contributed by atoms with Gasteiger partial charge in [-0.05, 0) is 64.7 Å². The van der Waals surface area contributed by atoms with Crippen LogP contribution in [-0.2, 0) is 21.1 Å². The number of pyridine rings is 2. The monoisotopic (exact) mass is 707 g/mol. The van der Waals surface area contributed by atoms with E-state index in [1.54, 1.807) is 12.4 Å². The summed E-state index contributed by atoms with van der Waals surface area (Å²) in [6.45, 7) is 0. The Kier molecular flexibility index (Phi) is 6.30. The summed E-state index contributed by atoms with van der Waals surface area (Å²) < 4.78 is 8.40. The van der Waals surface area contributed by atoms with Crippen LogP contribution in [0, 0.1) is 12.1 Å². The van der Waals surface area contributed by atoms with Crippen LogP contribution in [0.25, 0.3) is 72.6 Å². The molecular formula is C35H20N4OPt. The summed E-state index contributed by atoms with van der Waals surface area (Å²) in [5, 5.41) is 2.25. The Bertz CT molecular complexity index is 2170. The third kappa shape index (κ3) is 4.35. The molecule has 0 spiro atoms. The van der Waals surface area contributed by atoms with Crippen molar-refractivity contribution in [3.05, 3.63) is 134 Å². The second-order valence-corrected chi connectivity index (χ2v) is 9.57. The van der Waals surface area contributed by atoms with Gasteiger partial charge in [0.25, 0.3) is 0 Å². The first-order valence-electron chi connectivity index (χ1n) is 13.0. The fraction of sp³-hybridized carbons (Fsp3) is 0. The van der Waals surface area contributed by atoms with Gasteiger partial charge in [-0.1, -0.05) is 47.3 Å². The molecule has 4 heterocycles. The zero-order valence-corrected chi connectivity index (χ0v) is 23.8. The first-order valence-corrected chi connectivity index (χ1v) is 13.0. The molecule has 0 atom stereocenters. The van der Waals surface area contributed by atoms with Gasteiger partial charge in [-0.2, -0.15) is 0 Å². The number of para-hydroxylation sites is 1. The predicted molar refractivity (Wildman–Crippen MR) is 158 cm³/mol. The van der Waals surface area contributed by atoms with Crippen LogP contribution in [0.2, 0.25) is 0 Å². The minimum Gasteiger partial charge on any atom is -0.481 e. The van der Waals surface area contributed by atoms with Crippen molar-refractivity contribution in [3.63, 3.8) is 0 Å². The molecule has 0 aliphatic heterocycles. The van der Waals surface area contributed by atoms with E-state index >= 15 is 0 Å². The van der Waals surface area contributed by atoms with Gasteiger partial charge in [0.1, 0.15) is 11.5 Å². The van der Waals surface area contributed by atoms with Gasteiger partial charge >= 0.3 is 21.1 Å². The molecule has 0 saturated heterocycles. The van der Waals surface area contributed by atoms with E-state index in [9.17, 15) is 0 Å². The van der Waals surface area contributed by atoms with Crippen LogP contribution in [0.4, 0.5) is 0 Å². The van der Waals surface area contributed by atoms with E-state index in [1.165, 1.54) is 0 Å². The van der Waals surface area contributed by atoms with E-state index in [-0.39, 0.29) is 21.1 Å². The molecule has 0 N–H and O–H groups in total. The van der Waals surface area contributed by atoms with Gasteiger partial charge in [-0.3, -0.25) is 9.97 Å². The summed E-state index contributed by atoms with van der Waals surface area (Å²) in [7, 11) is 0. The van der Waals surface area contributed by atoms with E-state index < -0.39 is 0 Å². The third-order valence-electron chi connectivity index (χ3n) is 7.12. The maximum Gasteiger partial charge on any atom is 2.00 e. The summed E-state index contributed by atoms with van der Waals surface area (Å²) in [5.41, 5.74) is 8.93. The molecule has 0 saturated carbocycles. The van der Waals surface area contributed by atoms with Crippen molar-refractivity contribution in [2.24, 2.45) is 0 Å². The molecule has 4 aromatic carbocycles. The Labute approximate surface area is 250 Å². The van der Waals surface area contributed by atoms with Crippen molar-refractivity contribution in [2.75, 3.05) is 0 Å². The molecular weight excluding hydrogens is 687 g/mol. The molecule has 4 aromatic heterocycles. The fourth-order valence-electron chi connectivity index (χ4n) is 5.26. The van der Waals surface area contributed by atoms with Gasteiger partial charge in [-0.15, -0.1) is 48.0 Å². The number of fused-ring (bicyclic) bond motifs is 4. The van der Waals surface area contributed by atoms with Crippen LogP contribution in [0.15, 0.2) is 126 Å². The number of oxazole rings is 1. The van der Waals surface area contributed by atoms with Crippen LogP contribution in [0.5, 0.6) is 0 Å². The minimum absolute atomic E-state index is 0. The Balaban J connectivity index is 0.00000276. The number of hydrogen-bond donors (Lipinski definition) is 0. The van der Waals surface area contributed by atoms with Crippen LogP contribution >= 0.6 is 0 Å². The van der Waals surface area contributed by atoms with E-state index in [4.69, 9.17) is 9.40 Å². The quantitative estimate of drug-likeness (QED) is 0.173. The number of hydrogen-bond acceptors (Lipinski definition) is 4. The zero-order valence-electron chi connectivity index (χ0n) is 21.6. The molecule has 6 heteroatoms. The SMILES string of the molecule is [Pt+2].[c-]1c(-c2ccccn2)cccc1-n1c2[c-]c(-c3nc4cc(-c5ccccn5)ccc4o3)ccc2c2ccccc21. The number of benzene rings is 4. The fourth-order valence-corrected chi connectivity index (χ4v) is 5.26. The average Bonchev–Trinajstić information content (AvgIpc) is 3.60. The van der Waals surface area contributed by atoms with Crippen LogP contribution in [-0.4, -0.2) is 19.5 Å². The average molecular weight is 708 g/mol. The molecule has 0 unspecified atom stereocenters. The molecule has 0 fully saturated rings. The number of nitrogens with zero attached hydrogens (tertiary/aromatic N) is 4. The molecule has 196 valence electrons. The number of aromatic nitrogens is 4. The summed E-state index contributed by atoms with van der Waals surface area (Å²) in [6.07, 6.45) is 3.59. The molecule has 41 heavy (non-hydrogen) atoms. The van der Waals surface area contributed by atoms with Crippen molar-refractivity contribution in [2.45, 2.75) is 0 Å². The summed E-state index contributed by atoms with van der Waals surface area (Å²) in [5.74, 6) is 0.526. The van der Waals surface area contributed by atoms with Gasteiger partial charge < -0.3 is 14.0 Å². The summed E-state index contributed by atoms with van der Waals surface area (Å²) in [4.78, 5) is 13.8. The summed E-state index contributed by atoms with van der Waals surface area (Å²) in [6, 6.07) is 43.6. The van der Waals surface area contributed by atoms with E-state index in [2.05, 4.69) is 63.1 Å². The largest absolute Gasteiger partial charge is 2.00 e. The minimum atomic E-state index is 0. The smallest absolute Gasteiger partial charge is 0.481 e. The van der Waals surface area contributed by atoms with E-state index in [0.717, 1.165) is 66.7 Å². The van der Waals surface area contributed by atoms with Crippen LogP contribution in [0.1, 0.15) is 0 Å². The van der Waals surface area contributed by atoms with Crippen LogP contribution < -0.4 is 0 Å². The van der Waals surface area contributed by atoms with Crippen molar-refractivity contribution in [1.82, 2.24) is 19.5 Å². The molecule has 0 aliphatic rings. The first-order chi connectivity index (χ1) is 19.8. The third-order valence-corrected chi connectivity index (χ3v) is 7.12. The van der Waals surface area contributed by atoms with Gasteiger partial charge in [0.2, 0.25) is 0 Å². The first kappa shape index (κ1) is 25.1. The standard InChI is InChI=1S/C35H20N4O.Pt/c1-2-13-32-27(10-1)28-16-14-25(35-38-31-21-24(15-17-34(31)40-35)30-12-4-6-19-37-30)22-33(28)39(32)26-9-7-8-23(20-26)29-11-3-5-18-36-29;/h1-19,21H;/q-2;+2. The Morgan fingerprint density at radius 1 is 0.634 bits per heavy atom. The molecule has 8 rings (SSSR count). The van der Waals surface area contributed by atoms with Gasteiger partial charge in [0, 0.05) is 23.5 Å². The normalized spacial score (nSPS) is 11.2. The van der Waals surface area contributed by atoms with Crippen LogP contribution in [0.3, 0.4) is 0 Å². The second kappa shape index (κ2) is 10.3. The molecule has 5 nitrogen and oxygen atoms in total. The Morgan fingerprint density at radius 3 is 2.27 bits per heavy atom. The van der Waals surface area contributed by atoms with E-state index in [0.29, 0.717) is 5.89 Å². The molecule has 0 bridgehead atoms. The maximum atomic E-state index is 6.20. The van der Waals surface area contributed by atoms with Crippen molar-refractivity contribution in [1.29, 1.82) is 0 Å². The molecule has 8 aromatic rings. The van der Waals surface area contributed by atoms with E-state index in [1.807, 2.05) is 72.8 Å². The molecule has 0 aliphatic carbocycles. The molecule has 0 radical (unpaired) electrons. The van der Waals surface area contributed by atoms with Gasteiger partial charge in [0.15, 0.2) is 0 Å². The zero-order chi connectivity index (χ0) is 26.5. The Hall–Kier alpha value is -4.86. The maximum absolute atomic E-state index is 6.20. The summed E-state index contributed by atoms with van der Waals surface area (Å²) >= 11 is 0. The number of rotatable bonds is 4.